The minimum Gasteiger partial charge on any atom is -0.497 e. The third kappa shape index (κ3) is 3.90. The molecule has 0 saturated carbocycles. The molecule has 0 saturated heterocycles. The molecule has 1 heterocycles. The number of carbonyl (C=O) groups excluding carboxylic acids is 1. The van der Waals surface area contributed by atoms with Crippen LogP contribution in [0.3, 0.4) is 0 Å². The summed E-state index contributed by atoms with van der Waals surface area (Å²) >= 11 is 0. The van der Waals surface area contributed by atoms with E-state index in [9.17, 15) is 4.79 Å². The molecule has 148 valence electrons. The molecule has 5 heteroatoms. The van der Waals surface area contributed by atoms with Gasteiger partial charge in [-0.1, -0.05) is 42.5 Å². The van der Waals surface area contributed by atoms with Gasteiger partial charge in [-0.25, -0.2) is 0 Å². The van der Waals surface area contributed by atoms with Crippen molar-refractivity contribution in [3.05, 3.63) is 89.5 Å². The second-order valence-electron chi connectivity index (χ2n) is 6.97. The Bertz CT molecular complexity index is 982. The first-order valence-electron chi connectivity index (χ1n) is 9.63. The topological polar surface area (TPSA) is 50.8 Å². The van der Waals surface area contributed by atoms with Gasteiger partial charge in [0.25, 0.3) is 5.91 Å². The maximum Gasteiger partial charge on any atom is 0.257 e. The summed E-state index contributed by atoms with van der Waals surface area (Å²) < 4.78 is 10.9. The van der Waals surface area contributed by atoms with Gasteiger partial charge in [0.1, 0.15) is 17.7 Å². The van der Waals surface area contributed by atoms with Crippen molar-refractivity contribution in [3.8, 4) is 11.5 Å². The fraction of sp³-hybridized carbons (Fsp3) is 0.208. The minimum absolute atomic E-state index is 0.0158. The SMILES string of the molecule is COc1cc(OC)cc([C@H]2Nc3ccccc3C(=O)N2CCc2ccccc2)c1. The second kappa shape index (κ2) is 8.27. The van der Waals surface area contributed by atoms with E-state index >= 15 is 0 Å². The smallest absolute Gasteiger partial charge is 0.257 e. The van der Waals surface area contributed by atoms with Crippen molar-refractivity contribution in [2.45, 2.75) is 12.6 Å². The van der Waals surface area contributed by atoms with E-state index in [-0.39, 0.29) is 12.1 Å². The molecular weight excluding hydrogens is 364 g/mol. The Balaban J connectivity index is 1.71. The molecular formula is C24H24N2O3. The number of benzene rings is 3. The fourth-order valence-corrected chi connectivity index (χ4v) is 3.67. The molecule has 1 atom stereocenters. The lowest BCUT2D eigenvalue weighted by atomic mass is 10.0. The van der Waals surface area contributed by atoms with Gasteiger partial charge in [0.15, 0.2) is 0 Å². The number of carbonyl (C=O) groups is 1. The highest BCUT2D eigenvalue weighted by Crippen LogP contribution is 2.36. The molecule has 3 aromatic rings. The summed E-state index contributed by atoms with van der Waals surface area (Å²) in [6.45, 7) is 0.592. The Kier molecular flexibility index (Phi) is 5.38. The molecule has 0 bridgehead atoms. The minimum atomic E-state index is -0.315. The number of nitrogens with zero attached hydrogens (tertiary/aromatic N) is 1. The van der Waals surface area contributed by atoms with Crippen molar-refractivity contribution >= 4 is 11.6 Å². The van der Waals surface area contributed by atoms with Crippen LogP contribution in [0.1, 0.15) is 27.7 Å². The van der Waals surface area contributed by atoms with Crippen LogP contribution < -0.4 is 14.8 Å². The number of para-hydroxylation sites is 1. The Hall–Kier alpha value is -3.47. The number of nitrogens with one attached hydrogen (secondary N) is 1. The molecule has 4 rings (SSSR count). The number of methoxy groups -OCH3 is 2. The average molecular weight is 388 g/mol. The number of rotatable bonds is 6. The molecule has 0 aliphatic carbocycles. The van der Waals surface area contributed by atoms with E-state index in [2.05, 4.69) is 17.4 Å². The van der Waals surface area contributed by atoms with Gasteiger partial charge in [0, 0.05) is 23.9 Å². The van der Waals surface area contributed by atoms with Crippen LogP contribution in [0.2, 0.25) is 0 Å². The van der Waals surface area contributed by atoms with Crippen molar-refractivity contribution in [1.82, 2.24) is 4.90 Å². The van der Waals surface area contributed by atoms with E-state index in [0.717, 1.165) is 17.7 Å². The van der Waals surface area contributed by atoms with E-state index in [0.29, 0.717) is 23.6 Å². The van der Waals surface area contributed by atoms with Gasteiger partial charge in [0.05, 0.1) is 19.8 Å². The van der Waals surface area contributed by atoms with Crippen LogP contribution in [0.4, 0.5) is 5.69 Å². The summed E-state index contributed by atoms with van der Waals surface area (Å²) in [6.07, 6.45) is 0.457. The van der Waals surface area contributed by atoms with Crippen molar-refractivity contribution in [1.29, 1.82) is 0 Å². The molecule has 0 unspecified atom stereocenters. The van der Waals surface area contributed by atoms with Gasteiger partial charge in [-0.3, -0.25) is 4.79 Å². The monoisotopic (exact) mass is 388 g/mol. The summed E-state index contributed by atoms with van der Waals surface area (Å²) in [7, 11) is 3.25. The lowest BCUT2D eigenvalue weighted by Crippen LogP contribution is -2.44. The lowest BCUT2D eigenvalue weighted by molar-refractivity contribution is 0.0685. The molecule has 0 radical (unpaired) electrons. The van der Waals surface area contributed by atoms with Gasteiger partial charge in [-0.2, -0.15) is 0 Å². The summed E-state index contributed by atoms with van der Waals surface area (Å²) in [5.74, 6) is 1.40. The van der Waals surface area contributed by atoms with Crippen LogP contribution in [0.15, 0.2) is 72.8 Å². The predicted molar refractivity (Wildman–Crippen MR) is 114 cm³/mol. The Morgan fingerprint density at radius 2 is 1.55 bits per heavy atom. The standard InChI is InChI=1S/C24H24N2O3/c1-28-19-14-18(15-20(16-19)29-2)23-25-22-11-7-6-10-21(22)24(27)26(23)13-12-17-8-4-3-5-9-17/h3-11,14-16,23,25H,12-13H2,1-2H3/t23-/m0/s1. The van der Waals surface area contributed by atoms with Crippen molar-refractivity contribution in [3.63, 3.8) is 0 Å². The first-order valence-corrected chi connectivity index (χ1v) is 9.63. The van der Waals surface area contributed by atoms with Gasteiger partial charge in [-0.05, 0) is 36.2 Å². The van der Waals surface area contributed by atoms with Gasteiger partial charge in [0.2, 0.25) is 0 Å². The molecule has 0 aromatic heterocycles. The Morgan fingerprint density at radius 1 is 0.897 bits per heavy atom. The molecule has 5 nitrogen and oxygen atoms in total. The van der Waals surface area contributed by atoms with Crippen molar-refractivity contribution in [2.75, 3.05) is 26.1 Å². The van der Waals surface area contributed by atoms with Crippen LogP contribution in [-0.2, 0) is 6.42 Å². The highest BCUT2D eigenvalue weighted by atomic mass is 16.5. The van der Waals surface area contributed by atoms with Crippen LogP contribution in [0.5, 0.6) is 11.5 Å². The zero-order chi connectivity index (χ0) is 20.2. The number of ether oxygens (including phenoxy) is 2. The lowest BCUT2D eigenvalue weighted by Gasteiger charge is -2.38. The largest absolute Gasteiger partial charge is 0.497 e. The van der Waals surface area contributed by atoms with Crippen LogP contribution in [-0.4, -0.2) is 31.6 Å². The molecule has 3 aromatic carbocycles. The highest BCUT2D eigenvalue weighted by molar-refractivity contribution is 6.01. The van der Waals surface area contributed by atoms with Crippen LogP contribution in [0.25, 0.3) is 0 Å². The molecule has 1 amide bonds. The predicted octanol–water partition coefficient (Wildman–Crippen LogP) is 4.51. The molecule has 0 spiro atoms. The fourth-order valence-electron chi connectivity index (χ4n) is 3.67. The summed E-state index contributed by atoms with van der Waals surface area (Å²) in [4.78, 5) is 15.2. The van der Waals surface area contributed by atoms with Crippen LogP contribution in [0, 0.1) is 0 Å². The van der Waals surface area contributed by atoms with Crippen molar-refractivity contribution < 1.29 is 14.3 Å². The Labute approximate surface area is 170 Å². The number of hydrogen-bond donors (Lipinski definition) is 1. The van der Waals surface area contributed by atoms with Gasteiger partial charge < -0.3 is 19.7 Å². The highest BCUT2D eigenvalue weighted by Gasteiger charge is 2.33. The summed E-state index contributed by atoms with van der Waals surface area (Å²) in [5, 5.41) is 3.53. The second-order valence-corrected chi connectivity index (χ2v) is 6.97. The summed E-state index contributed by atoms with van der Waals surface area (Å²) in [5.41, 5.74) is 3.63. The molecule has 0 fully saturated rings. The van der Waals surface area contributed by atoms with Crippen molar-refractivity contribution in [2.24, 2.45) is 0 Å². The van der Waals surface area contributed by atoms with E-state index in [4.69, 9.17) is 9.47 Å². The van der Waals surface area contributed by atoms with E-state index < -0.39 is 0 Å². The third-order valence-corrected chi connectivity index (χ3v) is 5.20. The first-order chi connectivity index (χ1) is 14.2. The Morgan fingerprint density at radius 3 is 2.24 bits per heavy atom. The molecule has 1 aliphatic rings. The quantitative estimate of drug-likeness (QED) is 0.675. The van der Waals surface area contributed by atoms with Gasteiger partial charge >= 0.3 is 0 Å². The van der Waals surface area contributed by atoms with Gasteiger partial charge in [-0.15, -0.1) is 0 Å². The zero-order valence-electron chi connectivity index (χ0n) is 16.6. The number of fused-ring (bicyclic) bond motifs is 1. The van der Waals surface area contributed by atoms with E-state index in [1.54, 1.807) is 14.2 Å². The average Bonchev–Trinajstić information content (AvgIpc) is 2.78. The maximum absolute atomic E-state index is 13.4. The zero-order valence-corrected chi connectivity index (χ0v) is 16.6. The normalized spacial score (nSPS) is 15.4. The number of anilines is 1. The summed E-state index contributed by atoms with van der Waals surface area (Å²) in [6, 6.07) is 23.5. The number of hydrogen-bond acceptors (Lipinski definition) is 4. The molecule has 29 heavy (non-hydrogen) atoms. The van der Waals surface area contributed by atoms with E-state index in [1.807, 2.05) is 65.6 Å². The van der Waals surface area contributed by atoms with E-state index in [1.165, 1.54) is 5.56 Å². The maximum atomic E-state index is 13.4. The van der Waals surface area contributed by atoms with Crippen LogP contribution >= 0.6 is 0 Å². The third-order valence-electron chi connectivity index (χ3n) is 5.20. The molecule has 1 aliphatic heterocycles. The number of amides is 1. The molecule has 1 N–H and O–H groups in total. The first kappa shape index (κ1) is 18.9.